The first-order valence-corrected chi connectivity index (χ1v) is 7.02. The Balaban J connectivity index is 2.01. The molecular weight excluding hydrogens is 264 g/mol. The lowest BCUT2D eigenvalue weighted by atomic mass is 10.1. The lowest BCUT2D eigenvalue weighted by Crippen LogP contribution is -2.37. The molecule has 2 rings (SSSR count). The number of hydrogen-bond donors (Lipinski definition) is 3. The van der Waals surface area contributed by atoms with Crippen LogP contribution in [0.25, 0.3) is 0 Å². The van der Waals surface area contributed by atoms with E-state index >= 15 is 0 Å². The summed E-state index contributed by atoms with van der Waals surface area (Å²) in [6.45, 7) is 2.04. The van der Waals surface area contributed by atoms with E-state index in [4.69, 9.17) is 5.73 Å². The molecule has 0 fully saturated rings. The molecule has 0 spiro atoms. The zero-order valence-electron chi connectivity index (χ0n) is 12.0. The van der Waals surface area contributed by atoms with Crippen molar-refractivity contribution in [3.8, 4) is 5.75 Å². The van der Waals surface area contributed by atoms with Gasteiger partial charge in [-0.2, -0.15) is 0 Å². The number of nitrogens with two attached hydrogens (primary N) is 1. The van der Waals surface area contributed by atoms with Crippen LogP contribution in [-0.2, 0) is 17.6 Å². The minimum Gasteiger partial charge on any atom is -0.508 e. The maximum absolute atomic E-state index is 12.2. The molecule has 1 unspecified atom stereocenters. The summed E-state index contributed by atoms with van der Waals surface area (Å²) >= 11 is 0. The number of carbonyl (C=O) groups is 1. The third-order valence-corrected chi connectivity index (χ3v) is 3.38. The van der Waals surface area contributed by atoms with Crippen LogP contribution in [0, 0.1) is 0 Å². The van der Waals surface area contributed by atoms with Crippen LogP contribution in [0.15, 0.2) is 48.5 Å². The van der Waals surface area contributed by atoms with E-state index in [1.54, 1.807) is 24.3 Å². The van der Waals surface area contributed by atoms with Crippen LogP contribution >= 0.6 is 0 Å². The highest BCUT2D eigenvalue weighted by atomic mass is 16.3. The number of hydrogen-bond acceptors (Lipinski definition) is 3. The Morgan fingerprint density at radius 1 is 1.19 bits per heavy atom. The predicted molar refractivity (Wildman–Crippen MR) is 84.2 cm³/mol. The van der Waals surface area contributed by atoms with E-state index in [-0.39, 0.29) is 11.7 Å². The van der Waals surface area contributed by atoms with E-state index in [0.717, 1.165) is 23.2 Å². The second kappa shape index (κ2) is 6.90. The summed E-state index contributed by atoms with van der Waals surface area (Å²) < 4.78 is 0. The van der Waals surface area contributed by atoms with Crippen molar-refractivity contribution in [3.63, 3.8) is 0 Å². The second-order valence-corrected chi connectivity index (χ2v) is 4.98. The quantitative estimate of drug-likeness (QED) is 0.789. The fourth-order valence-corrected chi connectivity index (χ4v) is 2.15. The number of aromatic hydroxyl groups is 1. The third-order valence-electron chi connectivity index (χ3n) is 3.38. The maximum atomic E-state index is 12.2. The maximum Gasteiger partial charge on any atom is 0.241 e. The molecule has 2 aromatic rings. The van der Waals surface area contributed by atoms with Crippen LogP contribution in [-0.4, -0.2) is 17.1 Å². The van der Waals surface area contributed by atoms with Gasteiger partial charge >= 0.3 is 0 Å². The van der Waals surface area contributed by atoms with Crippen molar-refractivity contribution in [1.29, 1.82) is 0 Å². The first-order chi connectivity index (χ1) is 10.1. The van der Waals surface area contributed by atoms with Crippen LogP contribution in [0.5, 0.6) is 5.75 Å². The Morgan fingerprint density at radius 3 is 2.52 bits per heavy atom. The molecular formula is C17H20N2O2. The number of aryl methyl sites for hydroxylation is 1. The number of para-hydroxylation sites is 1. The monoisotopic (exact) mass is 284 g/mol. The van der Waals surface area contributed by atoms with Crippen LogP contribution in [0.4, 0.5) is 5.69 Å². The topological polar surface area (TPSA) is 75.4 Å². The summed E-state index contributed by atoms with van der Waals surface area (Å²) in [4.78, 5) is 12.2. The van der Waals surface area contributed by atoms with E-state index in [9.17, 15) is 9.90 Å². The van der Waals surface area contributed by atoms with E-state index in [0.29, 0.717) is 6.42 Å². The highest BCUT2D eigenvalue weighted by Crippen LogP contribution is 2.16. The lowest BCUT2D eigenvalue weighted by Gasteiger charge is -2.14. The summed E-state index contributed by atoms with van der Waals surface area (Å²) in [6.07, 6.45) is 1.28. The van der Waals surface area contributed by atoms with Gasteiger partial charge in [0.1, 0.15) is 5.75 Å². The Hall–Kier alpha value is -2.33. The van der Waals surface area contributed by atoms with Crippen molar-refractivity contribution >= 4 is 11.6 Å². The standard InChI is InChI=1S/C17H20N2O2/c1-2-13-5-3-4-6-16(13)19-17(21)15(18)11-12-7-9-14(20)10-8-12/h3-10,15,20H,2,11,18H2,1H3,(H,19,21). The zero-order chi connectivity index (χ0) is 15.2. The Kier molecular flexibility index (Phi) is 4.95. The van der Waals surface area contributed by atoms with Crippen molar-refractivity contribution < 1.29 is 9.90 Å². The van der Waals surface area contributed by atoms with Gasteiger partial charge in [-0.3, -0.25) is 4.79 Å². The van der Waals surface area contributed by atoms with Gasteiger partial charge in [-0.15, -0.1) is 0 Å². The van der Waals surface area contributed by atoms with Gasteiger partial charge in [0, 0.05) is 5.69 Å². The fraction of sp³-hybridized carbons (Fsp3) is 0.235. The van der Waals surface area contributed by atoms with Gasteiger partial charge in [0.25, 0.3) is 0 Å². The molecule has 0 aliphatic rings. The van der Waals surface area contributed by atoms with Crippen LogP contribution in [0.2, 0.25) is 0 Å². The molecule has 21 heavy (non-hydrogen) atoms. The molecule has 0 saturated heterocycles. The van der Waals surface area contributed by atoms with Gasteiger partial charge in [-0.05, 0) is 42.2 Å². The summed E-state index contributed by atoms with van der Waals surface area (Å²) in [7, 11) is 0. The third kappa shape index (κ3) is 4.07. The average Bonchev–Trinajstić information content (AvgIpc) is 2.50. The summed E-state index contributed by atoms with van der Waals surface area (Å²) in [5.41, 5.74) is 8.77. The van der Waals surface area contributed by atoms with E-state index < -0.39 is 6.04 Å². The number of phenolic OH excluding ortho intramolecular Hbond substituents is 1. The molecule has 1 atom stereocenters. The van der Waals surface area contributed by atoms with Crippen LogP contribution in [0.1, 0.15) is 18.1 Å². The molecule has 0 radical (unpaired) electrons. The molecule has 0 aliphatic carbocycles. The molecule has 4 N–H and O–H groups in total. The molecule has 1 amide bonds. The first-order valence-electron chi connectivity index (χ1n) is 7.02. The number of nitrogens with one attached hydrogen (secondary N) is 1. The minimum atomic E-state index is -0.626. The van der Waals surface area contributed by atoms with Crippen molar-refractivity contribution in [2.45, 2.75) is 25.8 Å². The van der Waals surface area contributed by atoms with Gasteiger partial charge in [0.05, 0.1) is 6.04 Å². The number of benzene rings is 2. The molecule has 0 saturated carbocycles. The lowest BCUT2D eigenvalue weighted by molar-refractivity contribution is -0.117. The normalized spacial score (nSPS) is 11.9. The molecule has 4 heteroatoms. The molecule has 0 heterocycles. The number of rotatable bonds is 5. The van der Waals surface area contributed by atoms with Gasteiger partial charge in [0.2, 0.25) is 5.91 Å². The Bertz CT molecular complexity index is 608. The molecule has 0 bridgehead atoms. The number of phenols is 1. The van der Waals surface area contributed by atoms with Crippen molar-refractivity contribution in [2.75, 3.05) is 5.32 Å². The SMILES string of the molecule is CCc1ccccc1NC(=O)C(N)Cc1ccc(O)cc1. The number of amides is 1. The van der Waals surface area contributed by atoms with Crippen LogP contribution < -0.4 is 11.1 Å². The zero-order valence-corrected chi connectivity index (χ0v) is 12.0. The van der Waals surface area contributed by atoms with Gasteiger partial charge < -0.3 is 16.2 Å². The molecule has 4 nitrogen and oxygen atoms in total. The highest BCUT2D eigenvalue weighted by molar-refractivity contribution is 5.95. The fourth-order valence-electron chi connectivity index (χ4n) is 2.15. The first kappa shape index (κ1) is 15.1. The largest absolute Gasteiger partial charge is 0.508 e. The number of anilines is 1. The second-order valence-electron chi connectivity index (χ2n) is 4.98. The van der Waals surface area contributed by atoms with Gasteiger partial charge in [0.15, 0.2) is 0 Å². The van der Waals surface area contributed by atoms with Gasteiger partial charge in [-0.1, -0.05) is 37.3 Å². The minimum absolute atomic E-state index is 0.202. The van der Waals surface area contributed by atoms with Gasteiger partial charge in [-0.25, -0.2) is 0 Å². The van der Waals surface area contributed by atoms with Crippen molar-refractivity contribution in [3.05, 3.63) is 59.7 Å². The summed E-state index contributed by atoms with van der Waals surface area (Å²) in [5.74, 6) is -0.00220. The summed E-state index contributed by atoms with van der Waals surface area (Å²) in [6, 6.07) is 13.8. The van der Waals surface area contributed by atoms with E-state index in [2.05, 4.69) is 5.32 Å². The van der Waals surface area contributed by atoms with Crippen molar-refractivity contribution in [2.24, 2.45) is 5.73 Å². The van der Waals surface area contributed by atoms with Crippen molar-refractivity contribution in [1.82, 2.24) is 0 Å². The Labute approximate surface area is 124 Å². The molecule has 0 aliphatic heterocycles. The highest BCUT2D eigenvalue weighted by Gasteiger charge is 2.15. The molecule has 110 valence electrons. The van der Waals surface area contributed by atoms with Crippen LogP contribution in [0.3, 0.4) is 0 Å². The average molecular weight is 284 g/mol. The smallest absolute Gasteiger partial charge is 0.241 e. The Morgan fingerprint density at radius 2 is 1.86 bits per heavy atom. The van der Waals surface area contributed by atoms with E-state index in [1.165, 1.54) is 0 Å². The number of carbonyl (C=O) groups excluding carboxylic acids is 1. The van der Waals surface area contributed by atoms with E-state index in [1.807, 2.05) is 31.2 Å². The summed E-state index contributed by atoms with van der Waals surface area (Å²) in [5, 5.41) is 12.1. The molecule has 2 aromatic carbocycles. The predicted octanol–water partition coefficient (Wildman–Crippen LogP) is 2.46. The molecule has 0 aromatic heterocycles.